The van der Waals surface area contributed by atoms with Gasteiger partial charge in [-0.3, -0.25) is 23.5 Å². The highest BCUT2D eigenvalue weighted by Gasteiger charge is 2.48. The van der Waals surface area contributed by atoms with Gasteiger partial charge in [0.05, 0.1) is 81.8 Å². The summed E-state index contributed by atoms with van der Waals surface area (Å²) in [5.41, 5.74) is 6.11. The van der Waals surface area contributed by atoms with E-state index in [0.29, 0.717) is 105 Å². The highest BCUT2D eigenvalue weighted by atomic mass is 33.1. The second kappa shape index (κ2) is 30.1. The summed E-state index contributed by atoms with van der Waals surface area (Å²) in [5, 5.41) is 6.38. The van der Waals surface area contributed by atoms with Gasteiger partial charge in [0.25, 0.3) is 32.1 Å². The van der Waals surface area contributed by atoms with Crippen LogP contribution in [0.1, 0.15) is 116 Å². The fourth-order valence-corrected chi connectivity index (χ4v) is 18.0. The Kier molecular flexibility index (Phi) is 22.4. The molecular formula is C67H86N6O16S4. The zero-order chi connectivity index (χ0) is 66.2. The van der Waals surface area contributed by atoms with Gasteiger partial charge in [0.2, 0.25) is 5.91 Å². The highest BCUT2D eigenvalue weighted by Crippen LogP contribution is 2.46. The number of fused-ring (bicyclic) bond motifs is 8. The quantitative estimate of drug-likeness (QED) is 0.0152. The number of carbonyl (C=O) groups is 3. The van der Waals surface area contributed by atoms with Crippen molar-refractivity contribution in [2.75, 3.05) is 105 Å². The van der Waals surface area contributed by atoms with E-state index in [1.807, 2.05) is 73.3 Å². The molecule has 26 heteroatoms. The Balaban J connectivity index is 0.943. The molecule has 0 bridgehead atoms. The topological polar surface area (TPSA) is 270 Å². The minimum atomic E-state index is -4.79. The predicted molar refractivity (Wildman–Crippen MR) is 363 cm³/mol. The monoisotopic (exact) mass is 1360 g/mol. The summed E-state index contributed by atoms with van der Waals surface area (Å²) in [5.74, 6) is 0.240. The largest absolute Gasteiger partial charge is 0.493 e. The fourth-order valence-electron chi connectivity index (χ4n) is 13.6. The minimum Gasteiger partial charge on any atom is -0.493 e. The van der Waals surface area contributed by atoms with E-state index in [2.05, 4.69) is 34.7 Å². The number of carbonyl (C=O) groups excluding carboxylic acids is 3. The molecule has 1 fully saturated rings. The normalized spacial score (nSPS) is 18.2. The van der Waals surface area contributed by atoms with E-state index < -0.39 is 59.0 Å². The van der Waals surface area contributed by atoms with Crippen LogP contribution in [0.3, 0.4) is 0 Å². The van der Waals surface area contributed by atoms with Crippen LogP contribution in [0.4, 0.5) is 28.4 Å². The van der Waals surface area contributed by atoms with Crippen LogP contribution in [-0.4, -0.2) is 156 Å². The van der Waals surface area contributed by atoms with Crippen LogP contribution in [0.25, 0.3) is 0 Å². The minimum absolute atomic E-state index is 0.00994. The van der Waals surface area contributed by atoms with Crippen molar-refractivity contribution in [3.8, 4) is 23.0 Å². The maximum absolute atomic E-state index is 14.6. The number of ether oxygens (including phenoxy) is 7. The summed E-state index contributed by atoms with van der Waals surface area (Å²) in [7, 11) is -2.04. The van der Waals surface area contributed by atoms with Gasteiger partial charge in [-0.25, -0.2) is 0 Å². The van der Waals surface area contributed by atoms with E-state index >= 15 is 0 Å². The Morgan fingerprint density at radius 1 is 0.731 bits per heavy atom. The Bertz CT molecular complexity index is 3740. The average molecular weight is 1360 g/mol. The van der Waals surface area contributed by atoms with Crippen molar-refractivity contribution in [3.05, 3.63) is 124 Å². The molecule has 4 unspecified atom stereocenters. The third-order valence-corrected chi connectivity index (χ3v) is 23.9. The van der Waals surface area contributed by atoms with Crippen molar-refractivity contribution in [3.63, 3.8) is 0 Å². The number of hydrogen-bond acceptors (Lipinski definition) is 19. The van der Waals surface area contributed by atoms with Crippen molar-refractivity contribution in [1.82, 2.24) is 5.32 Å². The number of rotatable bonds is 32. The van der Waals surface area contributed by atoms with Crippen LogP contribution in [0.5, 0.6) is 23.0 Å². The zero-order valence-electron chi connectivity index (χ0n) is 53.8. The molecule has 5 aromatic rings. The van der Waals surface area contributed by atoms with Crippen molar-refractivity contribution < 1.29 is 73.5 Å². The lowest BCUT2D eigenvalue weighted by Gasteiger charge is -2.39. The molecule has 1 saturated carbocycles. The van der Waals surface area contributed by atoms with Gasteiger partial charge < -0.3 is 63.8 Å². The van der Waals surface area contributed by atoms with E-state index in [0.717, 1.165) is 48.2 Å². The van der Waals surface area contributed by atoms with Crippen LogP contribution < -0.4 is 49.6 Å². The SMILES string of the molecule is CCC(CC)(NC(=O)C(CCSSC(C)(C)CN(CCOCCOCCOC)c1cc(COc2cc3c(cc2OC)C(=O)N2c4ccccc4CC2CN3)cc(COc2cc3c(cc2OC)C(=O)N2c4ccccc4CC2C(S(=O)(=O)O)N3)c1)S(=O)(=O)O)C1CCCC1. The number of anilines is 5. The van der Waals surface area contributed by atoms with Crippen LogP contribution in [0.15, 0.2) is 91.0 Å². The standard InChI is InChI=1S/C67H86N6O16S4/c1-8-67(9-2,47-18-12-13-19-47)70-62(74)61(92(77,78)79)22-29-90-91-66(3,4)42-71(23-24-86-27-28-87-26-25-83-5)48-31-43(40-88-59-37-52-50(35-57(59)84-6)64(75)72-49(39-68-52)33-45-16-10-14-20-54(45)72)30-44(32-48)41-89-60-38-53-51(36-58(60)85-7)65(76)73-55-21-15-11-17-46(55)34-56(73)63(69-53)93(80,81)82/h10-11,14-17,20-21,30-32,35-38,47,49,56,61,63,68-69H,8-9,12-13,18-19,22-29,33-34,39-42H2,1-7H3,(H,70,74)(H,77,78,79)(H,80,81,82). The highest BCUT2D eigenvalue weighted by molar-refractivity contribution is 8.77. The lowest BCUT2D eigenvalue weighted by Crippen LogP contribution is -2.56. The van der Waals surface area contributed by atoms with Gasteiger partial charge in [-0.1, -0.05) is 84.7 Å². The summed E-state index contributed by atoms with van der Waals surface area (Å²) < 4.78 is 115. The smallest absolute Gasteiger partial charge is 0.288 e. The molecule has 4 aliphatic heterocycles. The Morgan fingerprint density at radius 3 is 1.90 bits per heavy atom. The first-order valence-corrected chi connectivity index (χ1v) is 37.0. The number of hydrogen-bond donors (Lipinski definition) is 5. The lowest BCUT2D eigenvalue weighted by atomic mass is 9.78. The first-order chi connectivity index (χ1) is 44.6. The number of benzene rings is 5. The average Bonchev–Trinajstić information content (AvgIpc) is 1.61. The summed E-state index contributed by atoms with van der Waals surface area (Å²) in [6.45, 7) is 11.2. The van der Waals surface area contributed by atoms with Crippen LogP contribution in [-0.2, 0) is 65.3 Å². The molecule has 0 saturated heterocycles. The maximum atomic E-state index is 14.6. The first-order valence-electron chi connectivity index (χ1n) is 31.7. The summed E-state index contributed by atoms with van der Waals surface area (Å²) in [6.07, 6.45) is 6.09. The number of nitrogens with zero attached hydrogens (tertiary/aromatic N) is 3. The van der Waals surface area contributed by atoms with E-state index in [9.17, 15) is 40.3 Å². The third kappa shape index (κ3) is 15.9. The van der Waals surface area contributed by atoms with Crippen LogP contribution in [0, 0.1) is 5.92 Å². The Morgan fingerprint density at radius 2 is 1.30 bits per heavy atom. The van der Waals surface area contributed by atoms with E-state index in [1.165, 1.54) is 52.8 Å². The number of amides is 3. The van der Waals surface area contributed by atoms with Gasteiger partial charge >= 0.3 is 0 Å². The fraction of sp³-hybridized carbons (Fsp3) is 0.507. The molecule has 3 amide bonds. The second-order valence-electron chi connectivity index (χ2n) is 24.8. The third-order valence-electron chi connectivity index (χ3n) is 18.3. The first kappa shape index (κ1) is 69.3. The van der Waals surface area contributed by atoms with Crippen molar-refractivity contribution in [1.29, 1.82) is 0 Å². The predicted octanol–water partition coefficient (Wildman–Crippen LogP) is 10.2. The van der Waals surface area contributed by atoms with Gasteiger partial charge in [0.1, 0.15) is 13.2 Å². The number of methoxy groups -OCH3 is 3. The molecular weight excluding hydrogens is 1270 g/mol. The molecule has 93 heavy (non-hydrogen) atoms. The number of nitrogens with one attached hydrogen (secondary N) is 3. The molecule has 0 spiro atoms. The number of para-hydroxylation sites is 2. The molecule has 0 aromatic heterocycles. The van der Waals surface area contributed by atoms with E-state index in [1.54, 1.807) is 31.4 Å². The van der Waals surface area contributed by atoms with Crippen molar-refractivity contribution in [2.24, 2.45) is 5.92 Å². The van der Waals surface area contributed by atoms with Crippen LogP contribution in [0.2, 0.25) is 0 Å². The molecule has 0 radical (unpaired) electrons. The molecule has 4 atom stereocenters. The Labute approximate surface area is 553 Å². The van der Waals surface area contributed by atoms with Gasteiger partial charge in [-0.2, -0.15) is 16.8 Å². The summed E-state index contributed by atoms with van der Waals surface area (Å²) in [4.78, 5) is 48.3. The molecule has 1 aliphatic carbocycles. The van der Waals surface area contributed by atoms with Gasteiger partial charge in [0, 0.05) is 72.0 Å². The van der Waals surface area contributed by atoms with Crippen molar-refractivity contribution >= 4 is 88.0 Å². The van der Waals surface area contributed by atoms with E-state index in [-0.39, 0.29) is 79.0 Å². The Hall–Kier alpha value is -6.49. The zero-order valence-corrected chi connectivity index (χ0v) is 57.0. The van der Waals surface area contributed by atoms with E-state index in [4.69, 9.17) is 33.2 Å². The molecule has 5 aromatic carbocycles. The molecule has 22 nitrogen and oxygen atoms in total. The summed E-state index contributed by atoms with van der Waals surface area (Å²) in [6, 6.07) is 26.4. The lowest BCUT2D eigenvalue weighted by molar-refractivity contribution is -0.123. The van der Waals surface area contributed by atoms with Crippen LogP contribution >= 0.6 is 21.6 Å². The molecule has 5 aliphatic rings. The molecule has 504 valence electrons. The van der Waals surface area contributed by atoms with Crippen molar-refractivity contribution in [2.45, 2.75) is 132 Å². The summed E-state index contributed by atoms with van der Waals surface area (Å²) >= 11 is 0. The molecule has 10 rings (SSSR count). The van der Waals surface area contributed by atoms with Gasteiger partial charge in [-0.15, -0.1) is 0 Å². The molecule has 5 N–H and O–H groups in total. The maximum Gasteiger partial charge on any atom is 0.288 e. The second-order valence-corrected chi connectivity index (χ2v) is 31.1. The molecule has 4 heterocycles. The van der Waals surface area contributed by atoms with Gasteiger partial charge in [-0.05, 0) is 129 Å². The van der Waals surface area contributed by atoms with Gasteiger partial charge in [0.15, 0.2) is 33.6 Å².